The zero-order chi connectivity index (χ0) is 18.0. The maximum Gasteiger partial charge on any atom is 0.326 e. The third kappa shape index (κ3) is 3.29. The van der Waals surface area contributed by atoms with E-state index in [1.807, 2.05) is 48.7 Å². The van der Waals surface area contributed by atoms with Gasteiger partial charge in [-0.25, -0.2) is 4.79 Å². The molecule has 0 amide bonds. The Hall–Kier alpha value is -2.63. The van der Waals surface area contributed by atoms with Crippen LogP contribution in [-0.4, -0.2) is 25.8 Å². The molecule has 6 heteroatoms. The minimum Gasteiger partial charge on any atom is -0.480 e. The molecule has 0 saturated heterocycles. The Labute approximate surface area is 146 Å². The Morgan fingerprint density at radius 3 is 2.68 bits per heavy atom. The number of hydrogen-bond acceptors (Lipinski definition) is 4. The molecular weight excluding hydrogens is 318 g/mol. The van der Waals surface area contributed by atoms with E-state index in [1.54, 1.807) is 0 Å². The number of fused-ring (bicyclic) bond motifs is 1. The molecule has 1 atom stereocenters. The Morgan fingerprint density at radius 1 is 1.28 bits per heavy atom. The summed E-state index contributed by atoms with van der Waals surface area (Å²) in [6.07, 6.45) is 2.34. The molecule has 0 aliphatic rings. The highest BCUT2D eigenvalue weighted by Gasteiger charge is 2.26. The van der Waals surface area contributed by atoms with Crippen molar-refractivity contribution < 1.29 is 14.3 Å². The molecule has 1 aromatic carbocycles. The summed E-state index contributed by atoms with van der Waals surface area (Å²) in [5.74, 6) is 0.184. The van der Waals surface area contributed by atoms with Crippen molar-refractivity contribution in [2.24, 2.45) is 0 Å². The van der Waals surface area contributed by atoms with Crippen LogP contribution < -0.4 is 0 Å². The molecule has 0 radical (unpaired) electrons. The number of aromatic nitrogens is 3. The lowest BCUT2D eigenvalue weighted by Crippen LogP contribution is -2.19. The van der Waals surface area contributed by atoms with Gasteiger partial charge in [0, 0.05) is 16.8 Å². The predicted molar refractivity (Wildman–Crippen MR) is 95.5 cm³/mol. The third-order valence-corrected chi connectivity index (χ3v) is 4.33. The van der Waals surface area contributed by atoms with E-state index in [2.05, 4.69) is 17.1 Å². The van der Waals surface area contributed by atoms with Crippen LogP contribution >= 0.6 is 0 Å². The van der Waals surface area contributed by atoms with E-state index < -0.39 is 12.0 Å². The fraction of sp³-hybridized carbons (Fsp3) is 0.421. The van der Waals surface area contributed by atoms with Gasteiger partial charge in [0.25, 0.3) is 5.89 Å². The number of aliphatic carboxylic acids is 1. The second-order valence-electron chi connectivity index (χ2n) is 6.55. The molecular formula is C19H23N3O3. The number of rotatable bonds is 7. The number of carbonyl (C=O) groups is 1. The van der Waals surface area contributed by atoms with Gasteiger partial charge in [0.05, 0.1) is 0 Å². The van der Waals surface area contributed by atoms with E-state index in [4.69, 9.17) is 4.42 Å². The minimum absolute atomic E-state index is 0.120. The Morgan fingerprint density at radius 2 is 2.04 bits per heavy atom. The van der Waals surface area contributed by atoms with Crippen molar-refractivity contribution in [1.29, 1.82) is 0 Å². The summed E-state index contributed by atoms with van der Waals surface area (Å²) >= 11 is 0. The summed E-state index contributed by atoms with van der Waals surface area (Å²) in [7, 11) is 0. The molecule has 1 N–H and O–H groups in total. The second kappa shape index (κ2) is 7.09. The summed E-state index contributed by atoms with van der Waals surface area (Å²) in [6.45, 7) is 6.02. The zero-order valence-electron chi connectivity index (χ0n) is 14.8. The average Bonchev–Trinajstić information content (AvgIpc) is 3.20. The zero-order valence-corrected chi connectivity index (χ0v) is 14.8. The highest BCUT2D eigenvalue weighted by Crippen LogP contribution is 2.33. The van der Waals surface area contributed by atoms with Gasteiger partial charge in [-0.1, -0.05) is 51.8 Å². The molecule has 25 heavy (non-hydrogen) atoms. The molecule has 0 spiro atoms. The van der Waals surface area contributed by atoms with Crippen LogP contribution in [-0.2, 0) is 4.79 Å². The molecule has 3 rings (SSSR count). The smallest absolute Gasteiger partial charge is 0.326 e. The Balaban J connectivity index is 2.18. The normalized spacial score (nSPS) is 12.8. The molecule has 132 valence electrons. The van der Waals surface area contributed by atoms with Crippen LogP contribution in [0.25, 0.3) is 22.5 Å². The fourth-order valence-electron chi connectivity index (χ4n) is 3.01. The minimum atomic E-state index is -0.848. The molecule has 0 bridgehead atoms. The van der Waals surface area contributed by atoms with E-state index in [1.165, 1.54) is 0 Å². The standard InChI is InChI=1S/C19H23N3O3/c1-4-5-9-15(19(23)24)22-14-10-7-6-8-13(14)11-16(22)18-21-20-17(25-18)12(2)3/h6-8,10-12,15H,4-5,9H2,1-3H3,(H,23,24). The van der Waals surface area contributed by atoms with Gasteiger partial charge in [-0.05, 0) is 18.6 Å². The molecule has 1 unspecified atom stereocenters. The van der Waals surface area contributed by atoms with E-state index in [0.717, 1.165) is 23.7 Å². The summed E-state index contributed by atoms with van der Waals surface area (Å²) in [5.41, 5.74) is 1.52. The number of hydrogen-bond donors (Lipinski definition) is 1. The van der Waals surface area contributed by atoms with Crippen molar-refractivity contribution in [1.82, 2.24) is 14.8 Å². The lowest BCUT2D eigenvalue weighted by atomic mass is 10.1. The lowest BCUT2D eigenvalue weighted by molar-refractivity contribution is -0.141. The topological polar surface area (TPSA) is 81.1 Å². The van der Waals surface area contributed by atoms with E-state index >= 15 is 0 Å². The highest BCUT2D eigenvalue weighted by atomic mass is 16.4. The number of nitrogens with zero attached hydrogens (tertiary/aromatic N) is 3. The molecule has 0 aliphatic heterocycles. The first-order valence-corrected chi connectivity index (χ1v) is 8.69. The van der Waals surface area contributed by atoms with E-state index in [-0.39, 0.29) is 5.92 Å². The van der Waals surface area contributed by atoms with Crippen LogP contribution in [0.5, 0.6) is 0 Å². The van der Waals surface area contributed by atoms with E-state index in [0.29, 0.717) is 23.9 Å². The van der Waals surface area contributed by atoms with Crippen molar-refractivity contribution in [3.63, 3.8) is 0 Å². The molecule has 3 aromatic rings. The van der Waals surface area contributed by atoms with Crippen molar-refractivity contribution in [2.75, 3.05) is 0 Å². The molecule has 2 aromatic heterocycles. The first kappa shape index (κ1) is 17.2. The number of carboxylic acids is 1. The van der Waals surface area contributed by atoms with Crippen LogP contribution in [0.2, 0.25) is 0 Å². The summed E-state index contributed by atoms with van der Waals surface area (Å²) in [6, 6.07) is 9.01. The number of para-hydroxylation sites is 1. The first-order chi connectivity index (χ1) is 12.0. The fourth-order valence-corrected chi connectivity index (χ4v) is 3.01. The maximum atomic E-state index is 12.0. The van der Waals surface area contributed by atoms with Gasteiger partial charge in [-0.15, -0.1) is 10.2 Å². The number of unbranched alkanes of at least 4 members (excludes halogenated alkanes) is 1. The van der Waals surface area contributed by atoms with Gasteiger partial charge in [-0.3, -0.25) is 0 Å². The highest BCUT2D eigenvalue weighted by molar-refractivity contribution is 5.88. The largest absolute Gasteiger partial charge is 0.480 e. The van der Waals surface area contributed by atoms with Crippen LogP contribution in [0, 0.1) is 0 Å². The van der Waals surface area contributed by atoms with Gasteiger partial charge < -0.3 is 14.1 Å². The van der Waals surface area contributed by atoms with Crippen LogP contribution in [0.15, 0.2) is 34.7 Å². The summed E-state index contributed by atoms with van der Waals surface area (Å²) in [5, 5.41) is 19.0. The van der Waals surface area contributed by atoms with Gasteiger partial charge in [0.1, 0.15) is 11.7 Å². The maximum absolute atomic E-state index is 12.0. The molecule has 2 heterocycles. The van der Waals surface area contributed by atoms with Gasteiger partial charge in [-0.2, -0.15) is 0 Å². The predicted octanol–water partition coefficient (Wildman–Crippen LogP) is 4.63. The quantitative estimate of drug-likeness (QED) is 0.677. The Bertz CT molecular complexity index is 879. The van der Waals surface area contributed by atoms with Crippen molar-refractivity contribution in [2.45, 2.75) is 52.0 Å². The second-order valence-corrected chi connectivity index (χ2v) is 6.55. The average molecular weight is 341 g/mol. The summed E-state index contributed by atoms with van der Waals surface area (Å²) in [4.78, 5) is 12.0. The van der Waals surface area contributed by atoms with Gasteiger partial charge in [0.2, 0.25) is 5.89 Å². The Kier molecular flexibility index (Phi) is 4.88. The van der Waals surface area contributed by atoms with E-state index in [9.17, 15) is 9.90 Å². The van der Waals surface area contributed by atoms with Crippen molar-refractivity contribution in [3.8, 4) is 11.6 Å². The number of carboxylic acid groups (broad SMARTS) is 1. The van der Waals surface area contributed by atoms with Gasteiger partial charge in [0.15, 0.2) is 0 Å². The van der Waals surface area contributed by atoms with Crippen LogP contribution in [0.3, 0.4) is 0 Å². The summed E-state index contributed by atoms with van der Waals surface area (Å²) < 4.78 is 7.62. The third-order valence-electron chi connectivity index (χ3n) is 4.33. The number of benzene rings is 1. The van der Waals surface area contributed by atoms with Crippen LogP contribution in [0.4, 0.5) is 0 Å². The first-order valence-electron chi connectivity index (χ1n) is 8.69. The molecule has 6 nitrogen and oxygen atoms in total. The van der Waals surface area contributed by atoms with Crippen LogP contribution in [0.1, 0.15) is 57.9 Å². The van der Waals surface area contributed by atoms with Crippen molar-refractivity contribution >= 4 is 16.9 Å². The molecule has 0 saturated carbocycles. The lowest BCUT2D eigenvalue weighted by Gasteiger charge is -2.17. The SMILES string of the molecule is CCCCC(C(=O)O)n1c(-c2nnc(C(C)C)o2)cc2ccccc21. The molecule has 0 aliphatic carbocycles. The monoisotopic (exact) mass is 341 g/mol. The van der Waals surface area contributed by atoms with Gasteiger partial charge >= 0.3 is 5.97 Å². The molecule has 0 fully saturated rings. The van der Waals surface area contributed by atoms with Crippen molar-refractivity contribution in [3.05, 3.63) is 36.2 Å².